The molecule has 178 valence electrons. The highest BCUT2D eigenvalue weighted by Crippen LogP contribution is 2.54. The zero-order valence-corrected chi connectivity index (χ0v) is 16.8. The zero-order valence-electron chi connectivity index (χ0n) is 15.2. The molecule has 30 heavy (non-hydrogen) atoms. The average Bonchev–Trinajstić information content (AvgIpc) is 2.55. The molecule has 1 saturated heterocycles. The first kappa shape index (κ1) is 29.0. The Kier molecular flexibility index (Phi) is 9.71. The summed E-state index contributed by atoms with van der Waals surface area (Å²) in [5, 5.41) is -7.11. The molecule has 0 aromatic heterocycles. The maximum Gasteiger partial charge on any atom is 0.460 e. The van der Waals surface area contributed by atoms with Crippen LogP contribution >= 0.6 is 0 Å². The van der Waals surface area contributed by atoms with Crippen molar-refractivity contribution in [1.82, 2.24) is 0 Å². The molecular weight excluding hydrogens is 483 g/mol. The highest BCUT2D eigenvalue weighted by Gasteiger charge is 2.83. The lowest BCUT2D eigenvalue weighted by Crippen LogP contribution is -2.63. The monoisotopic (exact) mass is 500 g/mol. The molecule has 1 rings (SSSR count). The van der Waals surface area contributed by atoms with E-state index in [2.05, 4.69) is 0 Å². The van der Waals surface area contributed by atoms with Crippen LogP contribution in [0.4, 0.5) is 39.5 Å². The fourth-order valence-corrected chi connectivity index (χ4v) is 4.55. The summed E-state index contributed by atoms with van der Waals surface area (Å²) in [6.45, 7) is 2.03. The van der Waals surface area contributed by atoms with E-state index in [0.29, 0.717) is 24.4 Å². The third-order valence-corrected chi connectivity index (χ3v) is 6.84. The van der Waals surface area contributed by atoms with Gasteiger partial charge in [-0.3, -0.25) is 9.59 Å². The molecule has 5 nitrogen and oxygen atoms in total. The van der Waals surface area contributed by atoms with Crippen molar-refractivity contribution in [3.8, 4) is 0 Å². The third-order valence-electron chi connectivity index (χ3n) is 3.66. The van der Waals surface area contributed by atoms with Crippen LogP contribution in [0.2, 0.25) is 0 Å². The van der Waals surface area contributed by atoms with Gasteiger partial charge in [-0.1, -0.05) is 6.92 Å². The van der Waals surface area contributed by atoms with E-state index in [1.165, 1.54) is 0 Å². The van der Waals surface area contributed by atoms with Crippen molar-refractivity contribution in [1.29, 1.82) is 0 Å². The van der Waals surface area contributed by atoms with Crippen LogP contribution in [0.5, 0.6) is 0 Å². The normalized spacial score (nSPS) is 17.4. The van der Waals surface area contributed by atoms with Gasteiger partial charge in [0.1, 0.15) is 17.3 Å². The molecule has 0 N–H and O–H groups in total. The molecule has 0 aromatic carbocycles. The van der Waals surface area contributed by atoms with Gasteiger partial charge in [0.2, 0.25) is 0 Å². The number of hydrogen-bond donors (Lipinski definition) is 0. The summed E-state index contributed by atoms with van der Waals surface area (Å²) < 4.78 is 135. The molecule has 0 unspecified atom stereocenters. The fraction of sp³-hybridized carbons (Fsp3) is 0.857. The number of Topliss-reactive ketones (excluding diaryl/α,β-unsaturated/α-hetero) is 2. The Morgan fingerprint density at radius 3 is 1.73 bits per heavy atom. The molecule has 1 fully saturated rings. The lowest BCUT2D eigenvalue weighted by atomic mass is 10.1. The third kappa shape index (κ3) is 6.73. The minimum atomic E-state index is -7.43. The molecule has 1 aliphatic rings. The summed E-state index contributed by atoms with van der Waals surface area (Å²) in [4.78, 5) is 22.3. The summed E-state index contributed by atoms with van der Waals surface area (Å²) in [5.74, 6) is -11.4. The largest absolute Gasteiger partial charge is 0.743 e. The van der Waals surface area contributed by atoms with Crippen molar-refractivity contribution in [3.05, 3.63) is 0 Å². The average molecular weight is 500 g/mol. The van der Waals surface area contributed by atoms with Crippen molar-refractivity contribution < 1.29 is 62.1 Å². The second kappa shape index (κ2) is 10.1. The van der Waals surface area contributed by atoms with Gasteiger partial charge < -0.3 is 4.55 Å². The summed E-state index contributed by atoms with van der Waals surface area (Å²) in [6.07, 6.45) is -4.07. The first-order valence-corrected chi connectivity index (χ1v) is 11.2. The van der Waals surface area contributed by atoms with Crippen LogP contribution in [0, 0.1) is 0 Å². The lowest BCUT2D eigenvalue weighted by Gasteiger charge is -2.34. The van der Waals surface area contributed by atoms with E-state index in [4.69, 9.17) is 0 Å². The number of carbonyl (C=O) groups excluding carboxylic acids is 2. The molecule has 16 heteroatoms. The van der Waals surface area contributed by atoms with Crippen molar-refractivity contribution >= 4 is 32.6 Å². The van der Waals surface area contributed by atoms with Crippen molar-refractivity contribution in [2.45, 2.75) is 55.9 Å². The fourth-order valence-electron chi connectivity index (χ4n) is 1.98. The van der Waals surface area contributed by atoms with E-state index in [0.717, 1.165) is 30.1 Å². The number of hydrogen-bond acceptors (Lipinski definition) is 5. The first-order chi connectivity index (χ1) is 13.2. The van der Waals surface area contributed by atoms with E-state index in [1.54, 1.807) is 0 Å². The van der Waals surface area contributed by atoms with Crippen LogP contribution in [0.3, 0.4) is 0 Å². The molecule has 0 aliphatic carbocycles. The molecule has 1 heterocycles. The quantitative estimate of drug-likeness (QED) is 0.304. The molecule has 0 spiro atoms. The summed E-state index contributed by atoms with van der Waals surface area (Å²) in [6, 6.07) is 0. The van der Waals surface area contributed by atoms with Crippen LogP contribution in [-0.2, 0) is 30.6 Å². The second-order valence-corrected chi connectivity index (χ2v) is 9.86. The van der Waals surface area contributed by atoms with Gasteiger partial charge in [0.15, 0.2) is 21.7 Å². The molecule has 0 radical (unpaired) electrons. The summed E-state index contributed by atoms with van der Waals surface area (Å²) >= 11 is 0. The van der Waals surface area contributed by atoms with E-state index < -0.39 is 33.4 Å². The molecule has 0 bridgehead atoms. The predicted molar refractivity (Wildman–Crippen MR) is 86.7 cm³/mol. The Balaban J connectivity index is 0.000000579. The minimum Gasteiger partial charge on any atom is -0.743 e. The highest BCUT2D eigenvalue weighted by atomic mass is 32.2. The molecule has 0 aromatic rings. The number of ketones is 2. The van der Waals surface area contributed by atoms with Crippen LogP contribution < -0.4 is 0 Å². The molecule has 0 saturated carbocycles. The standard InChI is InChI=1S/C10H17O2S.C4HF9O3S/c1-2-3-10(12)8-13-6-4-9(11)5-7-13;5-1(6,3(9,10)11)2(7,8)4(12,13)17(14,15)16/h2-8H2,1H3;(H,14,15,16)/q+1;/p-1. The second-order valence-electron chi connectivity index (χ2n) is 6.11. The number of alkyl halides is 9. The van der Waals surface area contributed by atoms with Gasteiger partial charge >= 0.3 is 23.3 Å². The highest BCUT2D eigenvalue weighted by molar-refractivity contribution is 7.97. The van der Waals surface area contributed by atoms with E-state index in [1.807, 2.05) is 6.92 Å². The number of carbonyl (C=O) groups is 2. The predicted octanol–water partition coefficient (Wildman–Crippen LogP) is 3.29. The van der Waals surface area contributed by atoms with Gasteiger partial charge in [0.25, 0.3) is 0 Å². The van der Waals surface area contributed by atoms with Crippen molar-refractivity contribution in [2.75, 3.05) is 17.3 Å². The molecule has 0 atom stereocenters. The Morgan fingerprint density at radius 2 is 1.40 bits per heavy atom. The van der Waals surface area contributed by atoms with Gasteiger partial charge in [-0.15, -0.1) is 0 Å². The molecule has 0 amide bonds. The van der Waals surface area contributed by atoms with Crippen molar-refractivity contribution in [2.24, 2.45) is 0 Å². The molecule has 1 aliphatic heterocycles. The van der Waals surface area contributed by atoms with Crippen molar-refractivity contribution in [3.63, 3.8) is 0 Å². The Morgan fingerprint density at radius 1 is 0.967 bits per heavy atom. The van der Waals surface area contributed by atoms with Gasteiger partial charge in [0.05, 0.1) is 12.8 Å². The van der Waals surface area contributed by atoms with Gasteiger partial charge in [-0.2, -0.15) is 39.5 Å². The van der Waals surface area contributed by atoms with E-state index in [-0.39, 0.29) is 10.9 Å². The first-order valence-electron chi connectivity index (χ1n) is 8.05. The van der Waals surface area contributed by atoms with Crippen LogP contribution in [0.25, 0.3) is 0 Å². The zero-order chi connectivity index (χ0) is 24.2. The van der Waals surface area contributed by atoms with E-state index >= 15 is 0 Å². The number of rotatable bonds is 7. The van der Waals surface area contributed by atoms with Crippen LogP contribution in [0.15, 0.2) is 0 Å². The van der Waals surface area contributed by atoms with E-state index in [9.17, 15) is 62.1 Å². The summed E-state index contributed by atoms with van der Waals surface area (Å²) in [5.41, 5.74) is 0. The maximum absolute atomic E-state index is 12.2. The SMILES string of the molecule is CCCC(=O)C[S+]1CCC(=O)CC1.O=S(=O)([O-])C(F)(F)C(F)(F)C(F)(F)C(F)(F)F. The molecular formula is C14H17F9O5S2. The minimum absolute atomic E-state index is 0.233. The lowest BCUT2D eigenvalue weighted by molar-refractivity contribution is -0.382. The van der Waals surface area contributed by atoms with Gasteiger partial charge in [-0.05, 0) is 17.3 Å². The Bertz CT molecular complexity index is 710. The Labute approximate surface area is 168 Å². The smallest absolute Gasteiger partial charge is 0.460 e. The van der Waals surface area contributed by atoms with Crippen LogP contribution in [-0.4, -0.2) is 65.1 Å². The van der Waals surface area contributed by atoms with Gasteiger partial charge in [0, 0.05) is 6.42 Å². The topological polar surface area (TPSA) is 91.3 Å². The maximum atomic E-state index is 12.2. The van der Waals surface area contributed by atoms with Gasteiger partial charge in [-0.25, -0.2) is 8.42 Å². The summed E-state index contributed by atoms with van der Waals surface area (Å²) in [7, 11) is -7.18. The van der Waals surface area contributed by atoms with Crippen LogP contribution in [0.1, 0.15) is 32.6 Å². The number of halogens is 9. The Hall–Kier alpha value is -1.03.